The van der Waals surface area contributed by atoms with Gasteiger partial charge in [-0.05, 0) is 38.5 Å². The number of carboxylic acids is 1. The van der Waals surface area contributed by atoms with Crippen molar-refractivity contribution in [2.45, 2.75) is 57.1 Å². The molecule has 138 valence electrons. The molecule has 0 bridgehead atoms. The quantitative estimate of drug-likeness (QED) is 0.685. The van der Waals surface area contributed by atoms with Crippen LogP contribution in [0.5, 0.6) is 0 Å². The van der Waals surface area contributed by atoms with Crippen LogP contribution in [0.1, 0.15) is 39.7 Å². The van der Waals surface area contributed by atoms with Crippen LogP contribution in [0.4, 0.5) is 4.79 Å². The molecule has 6 nitrogen and oxygen atoms in total. The number of hydrogen-bond acceptors (Lipinski definition) is 5. The molecule has 1 amide bonds. The van der Waals surface area contributed by atoms with E-state index in [0.717, 1.165) is 10.5 Å². The van der Waals surface area contributed by atoms with Crippen LogP contribution in [-0.4, -0.2) is 40.3 Å². The highest BCUT2D eigenvalue weighted by Gasteiger charge is 2.24. The van der Waals surface area contributed by atoms with Crippen LogP contribution in [0.2, 0.25) is 0 Å². The Labute approximate surface area is 152 Å². The molecule has 0 saturated carbocycles. The first-order valence-electron chi connectivity index (χ1n) is 8.06. The van der Waals surface area contributed by atoms with E-state index in [9.17, 15) is 19.5 Å². The molecular formula is C18H25NO5S. The van der Waals surface area contributed by atoms with E-state index in [0.29, 0.717) is 12.2 Å². The highest BCUT2D eigenvalue weighted by Crippen LogP contribution is 2.19. The topological polar surface area (TPSA) is 92.7 Å². The van der Waals surface area contributed by atoms with Crippen LogP contribution in [0.15, 0.2) is 29.2 Å². The molecule has 2 N–H and O–H groups in total. The number of rotatable bonds is 8. The zero-order valence-electron chi connectivity index (χ0n) is 15.0. The third-order valence-electron chi connectivity index (χ3n) is 3.15. The maximum Gasteiger partial charge on any atom is 0.408 e. The van der Waals surface area contributed by atoms with Gasteiger partial charge in [0.1, 0.15) is 17.4 Å². The van der Waals surface area contributed by atoms with Crippen molar-refractivity contribution in [3.63, 3.8) is 0 Å². The van der Waals surface area contributed by atoms with Gasteiger partial charge in [0.2, 0.25) is 0 Å². The molecule has 7 heteroatoms. The van der Waals surface area contributed by atoms with Crippen LogP contribution in [0.3, 0.4) is 0 Å². The number of carbonyl (C=O) groups is 3. The van der Waals surface area contributed by atoms with Crippen molar-refractivity contribution in [2.75, 3.05) is 5.75 Å². The maximum atomic E-state index is 11.8. The van der Waals surface area contributed by atoms with Gasteiger partial charge in [-0.3, -0.25) is 4.79 Å². The molecule has 1 atom stereocenters. The number of amides is 1. The summed E-state index contributed by atoms with van der Waals surface area (Å²) in [5.41, 5.74) is 0.0803. The van der Waals surface area contributed by atoms with Crippen LogP contribution in [-0.2, 0) is 20.7 Å². The molecule has 0 aliphatic heterocycles. The monoisotopic (exact) mass is 367 g/mol. The van der Waals surface area contributed by atoms with Crippen LogP contribution < -0.4 is 5.32 Å². The fourth-order valence-corrected chi connectivity index (χ4v) is 2.73. The minimum atomic E-state index is -1.13. The molecule has 0 heterocycles. The van der Waals surface area contributed by atoms with Gasteiger partial charge in [0.05, 0.1) is 5.75 Å². The number of Topliss-reactive ketones (excluding diaryl/α,β-unsaturated/α-hetero) is 1. The van der Waals surface area contributed by atoms with E-state index in [2.05, 4.69) is 5.32 Å². The zero-order chi connectivity index (χ0) is 19.0. The van der Waals surface area contributed by atoms with Gasteiger partial charge >= 0.3 is 12.1 Å². The first-order valence-corrected chi connectivity index (χ1v) is 9.05. The van der Waals surface area contributed by atoms with E-state index in [1.54, 1.807) is 32.9 Å². The van der Waals surface area contributed by atoms with Gasteiger partial charge in [-0.25, -0.2) is 9.59 Å². The Morgan fingerprint density at radius 3 is 2.28 bits per heavy atom. The highest BCUT2D eigenvalue weighted by atomic mass is 32.2. The number of carbonyl (C=O) groups excluding carboxylic acids is 2. The first-order chi connectivity index (χ1) is 11.6. The Balaban J connectivity index is 2.65. The number of ketones is 1. The fourth-order valence-electron chi connectivity index (χ4n) is 1.87. The second-order valence-electron chi connectivity index (χ2n) is 6.57. The fraction of sp³-hybridized carbons (Fsp3) is 0.500. The summed E-state index contributed by atoms with van der Waals surface area (Å²) in [6.07, 6.45) is -0.0973. The second kappa shape index (κ2) is 9.46. The van der Waals surface area contributed by atoms with E-state index < -0.39 is 23.7 Å². The number of alkyl carbamates (subject to hydrolysis) is 1. The molecule has 1 aromatic carbocycles. The lowest BCUT2D eigenvalue weighted by Gasteiger charge is -2.22. The Morgan fingerprint density at radius 1 is 1.20 bits per heavy atom. The normalized spacial score (nSPS) is 12.3. The summed E-state index contributed by atoms with van der Waals surface area (Å²) < 4.78 is 5.09. The number of thioether (sulfide) groups is 1. The third kappa shape index (κ3) is 8.58. The van der Waals surface area contributed by atoms with Crippen molar-refractivity contribution in [2.24, 2.45) is 0 Å². The van der Waals surface area contributed by atoms with E-state index in [1.807, 2.05) is 19.1 Å². The lowest BCUT2D eigenvalue weighted by atomic mass is 10.1. The van der Waals surface area contributed by atoms with Crippen molar-refractivity contribution in [3.05, 3.63) is 29.8 Å². The van der Waals surface area contributed by atoms with Gasteiger partial charge in [0, 0.05) is 17.7 Å². The van der Waals surface area contributed by atoms with Gasteiger partial charge < -0.3 is 15.2 Å². The molecule has 0 saturated heterocycles. The molecule has 25 heavy (non-hydrogen) atoms. The average molecular weight is 367 g/mol. The summed E-state index contributed by atoms with van der Waals surface area (Å²) in [7, 11) is 0. The van der Waals surface area contributed by atoms with E-state index in [1.165, 1.54) is 11.8 Å². The SMILES string of the molecule is CCC(=O)CSc1ccc(CC(NC(=O)OC(C)(C)C)C(=O)O)cc1. The standard InChI is InChI=1S/C18H25NO5S/c1-5-13(20)11-25-14-8-6-12(7-9-14)10-15(16(21)22)19-17(23)24-18(2,3)4/h6-9,15H,5,10-11H2,1-4H3,(H,19,23)(H,21,22). The van der Waals surface area contributed by atoms with E-state index in [4.69, 9.17) is 4.74 Å². The molecule has 0 aromatic heterocycles. The van der Waals surface area contributed by atoms with Gasteiger partial charge in [-0.2, -0.15) is 0 Å². The largest absolute Gasteiger partial charge is 0.480 e. The molecule has 0 aliphatic carbocycles. The minimum absolute atomic E-state index is 0.146. The number of hydrogen-bond donors (Lipinski definition) is 2. The number of aliphatic carboxylic acids is 1. The van der Waals surface area contributed by atoms with Crippen LogP contribution in [0.25, 0.3) is 0 Å². The average Bonchev–Trinajstić information content (AvgIpc) is 2.51. The van der Waals surface area contributed by atoms with E-state index in [-0.39, 0.29) is 12.2 Å². The van der Waals surface area contributed by atoms with Gasteiger partial charge in [-0.1, -0.05) is 19.1 Å². The van der Waals surface area contributed by atoms with Gasteiger partial charge in [-0.15, -0.1) is 11.8 Å². The smallest absolute Gasteiger partial charge is 0.408 e. The summed E-state index contributed by atoms with van der Waals surface area (Å²) in [6, 6.07) is 6.21. The summed E-state index contributed by atoms with van der Waals surface area (Å²) in [4.78, 5) is 35.4. The molecule has 0 radical (unpaired) electrons. The molecule has 1 rings (SSSR count). The van der Waals surface area contributed by atoms with E-state index >= 15 is 0 Å². The van der Waals surface area contributed by atoms with Crippen molar-refractivity contribution >= 4 is 29.6 Å². The predicted octanol–water partition coefficient (Wildman–Crippen LogP) is 3.28. The number of nitrogens with one attached hydrogen (secondary N) is 1. The number of benzene rings is 1. The molecule has 1 aromatic rings. The zero-order valence-corrected chi connectivity index (χ0v) is 15.8. The Bertz CT molecular complexity index is 607. The van der Waals surface area contributed by atoms with Gasteiger partial charge in [0.25, 0.3) is 0 Å². The molecule has 0 fully saturated rings. The van der Waals surface area contributed by atoms with Crippen LogP contribution >= 0.6 is 11.8 Å². The lowest BCUT2D eigenvalue weighted by Crippen LogP contribution is -2.44. The second-order valence-corrected chi connectivity index (χ2v) is 7.61. The predicted molar refractivity (Wildman–Crippen MR) is 97.0 cm³/mol. The number of carboxylic acid groups (broad SMARTS) is 1. The van der Waals surface area contributed by atoms with Gasteiger partial charge in [0.15, 0.2) is 0 Å². The Kier molecular flexibility index (Phi) is 7.96. The lowest BCUT2D eigenvalue weighted by molar-refractivity contribution is -0.139. The molecule has 0 aliphatic rings. The highest BCUT2D eigenvalue weighted by molar-refractivity contribution is 8.00. The van der Waals surface area contributed by atoms with Crippen molar-refractivity contribution in [3.8, 4) is 0 Å². The van der Waals surface area contributed by atoms with Crippen LogP contribution in [0, 0.1) is 0 Å². The minimum Gasteiger partial charge on any atom is -0.480 e. The molecular weight excluding hydrogens is 342 g/mol. The first kappa shape index (κ1) is 21.0. The van der Waals surface area contributed by atoms with Crippen molar-refractivity contribution in [1.29, 1.82) is 0 Å². The summed E-state index contributed by atoms with van der Waals surface area (Å²) in [5, 5.41) is 11.7. The molecule has 0 spiro atoms. The molecule has 1 unspecified atom stereocenters. The maximum absolute atomic E-state index is 11.8. The van der Waals surface area contributed by atoms with Crippen molar-refractivity contribution < 1.29 is 24.2 Å². The Morgan fingerprint density at radius 2 is 1.80 bits per heavy atom. The Hall–Kier alpha value is -2.02. The van der Waals surface area contributed by atoms with Crippen molar-refractivity contribution in [1.82, 2.24) is 5.32 Å². The third-order valence-corrected chi connectivity index (χ3v) is 4.22. The summed E-state index contributed by atoms with van der Waals surface area (Å²) in [5.74, 6) is -0.521. The summed E-state index contributed by atoms with van der Waals surface area (Å²) >= 11 is 1.45. The number of ether oxygens (including phenoxy) is 1. The summed E-state index contributed by atoms with van der Waals surface area (Å²) in [6.45, 7) is 6.96.